The molecular formula is C17H18O3. The molecule has 104 valence electrons. The second-order valence-corrected chi connectivity index (χ2v) is 5.29. The van der Waals surface area contributed by atoms with Crippen LogP contribution in [-0.2, 0) is 0 Å². The fourth-order valence-electron chi connectivity index (χ4n) is 2.41. The van der Waals surface area contributed by atoms with E-state index in [2.05, 4.69) is 0 Å². The van der Waals surface area contributed by atoms with Crippen LogP contribution in [0.3, 0.4) is 0 Å². The van der Waals surface area contributed by atoms with E-state index in [0.29, 0.717) is 11.1 Å². The Kier molecular flexibility index (Phi) is 3.53. The molecule has 0 atom stereocenters. The highest BCUT2D eigenvalue weighted by Crippen LogP contribution is 2.31. The summed E-state index contributed by atoms with van der Waals surface area (Å²) in [4.78, 5) is 12.6. The third-order valence-electron chi connectivity index (χ3n) is 3.38. The number of aromatic hydroxyl groups is 2. The van der Waals surface area contributed by atoms with Gasteiger partial charge in [0.15, 0.2) is 5.78 Å². The molecule has 0 aromatic heterocycles. The van der Waals surface area contributed by atoms with Gasteiger partial charge in [0.1, 0.15) is 11.5 Å². The number of carbonyl (C=O) groups is 1. The topological polar surface area (TPSA) is 57.5 Å². The van der Waals surface area contributed by atoms with E-state index >= 15 is 0 Å². The maximum atomic E-state index is 12.6. The molecule has 2 N–H and O–H groups in total. The smallest absolute Gasteiger partial charge is 0.200 e. The number of phenols is 2. The molecule has 0 bridgehead atoms. The van der Waals surface area contributed by atoms with Gasteiger partial charge >= 0.3 is 0 Å². The van der Waals surface area contributed by atoms with E-state index in [1.165, 1.54) is 0 Å². The van der Waals surface area contributed by atoms with Crippen LogP contribution in [0.1, 0.15) is 38.2 Å². The fourth-order valence-corrected chi connectivity index (χ4v) is 2.41. The minimum atomic E-state index is -0.362. The number of hydrogen-bond acceptors (Lipinski definition) is 3. The first-order valence-corrected chi connectivity index (χ1v) is 6.46. The molecule has 0 heterocycles. The first-order chi connectivity index (χ1) is 9.31. The van der Waals surface area contributed by atoms with E-state index in [1.807, 2.05) is 26.0 Å². The number of benzene rings is 2. The van der Waals surface area contributed by atoms with Crippen LogP contribution in [-0.4, -0.2) is 16.0 Å². The standard InChI is InChI=1S/C17H18O3/c1-9-5-11(3)15(18)13(7-9)17(20)14-8-10(2)6-12(4)16(14)19/h5-8,18-19H,1-4H3. The van der Waals surface area contributed by atoms with Gasteiger partial charge in [0, 0.05) is 0 Å². The molecule has 0 radical (unpaired) electrons. The number of phenolic OH excluding ortho intramolecular Hbond substituents is 2. The Morgan fingerprint density at radius 1 is 0.750 bits per heavy atom. The predicted octanol–water partition coefficient (Wildman–Crippen LogP) is 3.56. The quantitative estimate of drug-likeness (QED) is 0.820. The molecule has 0 spiro atoms. The van der Waals surface area contributed by atoms with Crippen LogP contribution in [0.5, 0.6) is 11.5 Å². The number of hydrogen-bond donors (Lipinski definition) is 2. The summed E-state index contributed by atoms with van der Waals surface area (Å²) in [5.74, 6) is -0.420. The molecule has 0 saturated carbocycles. The summed E-state index contributed by atoms with van der Waals surface area (Å²) in [6.45, 7) is 7.23. The zero-order chi connectivity index (χ0) is 15.0. The van der Waals surface area contributed by atoms with Gasteiger partial charge in [-0.05, 0) is 62.1 Å². The van der Waals surface area contributed by atoms with Crippen LogP contribution in [0, 0.1) is 27.7 Å². The van der Waals surface area contributed by atoms with Crippen LogP contribution in [0.25, 0.3) is 0 Å². The van der Waals surface area contributed by atoms with Gasteiger partial charge in [0.05, 0.1) is 11.1 Å². The van der Waals surface area contributed by atoms with Crippen molar-refractivity contribution < 1.29 is 15.0 Å². The number of ketones is 1. The second kappa shape index (κ2) is 5.00. The molecule has 0 aliphatic heterocycles. The van der Waals surface area contributed by atoms with E-state index in [9.17, 15) is 15.0 Å². The number of rotatable bonds is 2. The summed E-state index contributed by atoms with van der Waals surface area (Å²) in [5.41, 5.74) is 3.54. The molecule has 0 aliphatic carbocycles. The highest BCUT2D eigenvalue weighted by Gasteiger charge is 2.20. The van der Waals surface area contributed by atoms with Crippen molar-refractivity contribution >= 4 is 5.78 Å². The van der Waals surface area contributed by atoms with E-state index < -0.39 is 0 Å². The monoisotopic (exact) mass is 270 g/mol. The van der Waals surface area contributed by atoms with Gasteiger partial charge in [0.2, 0.25) is 0 Å². The van der Waals surface area contributed by atoms with Crippen LogP contribution < -0.4 is 0 Å². The van der Waals surface area contributed by atoms with Gasteiger partial charge in [-0.15, -0.1) is 0 Å². The molecule has 20 heavy (non-hydrogen) atoms. The molecule has 2 aromatic rings. The lowest BCUT2D eigenvalue weighted by Gasteiger charge is -2.11. The van der Waals surface area contributed by atoms with Crippen molar-refractivity contribution in [3.05, 3.63) is 57.6 Å². The van der Waals surface area contributed by atoms with Crippen LogP contribution >= 0.6 is 0 Å². The summed E-state index contributed by atoms with van der Waals surface area (Å²) >= 11 is 0. The highest BCUT2D eigenvalue weighted by atomic mass is 16.3. The summed E-state index contributed by atoms with van der Waals surface area (Å²) in [6.07, 6.45) is 0. The maximum Gasteiger partial charge on any atom is 0.200 e. The average Bonchev–Trinajstić information content (AvgIpc) is 2.37. The zero-order valence-corrected chi connectivity index (χ0v) is 12.1. The Balaban J connectivity index is 2.64. The van der Waals surface area contributed by atoms with E-state index in [0.717, 1.165) is 11.1 Å². The van der Waals surface area contributed by atoms with Gasteiger partial charge in [-0.1, -0.05) is 12.1 Å². The van der Waals surface area contributed by atoms with Crippen molar-refractivity contribution in [2.45, 2.75) is 27.7 Å². The van der Waals surface area contributed by atoms with Gasteiger partial charge < -0.3 is 10.2 Å². The lowest BCUT2D eigenvalue weighted by Crippen LogP contribution is -2.05. The summed E-state index contributed by atoms with van der Waals surface area (Å²) in [5, 5.41) is 20.2. The second-order valence-electron chi connectivity index (χ2n) is 5.29. The molecule has 0 saturated heterocycles. The average molecular weight is 270 g/mol. The first kappa shape index (κ1) is 14.1. The Morgan fingerprint density at radius 2 is 1.10 bits per heavy atom. The Morgan fingerprint density at radius 3 is 1.45 bits per heavy atom. The van der Waals surface area contributed by atoms with Crippen molar-refractivity contribution in [2.24, 2.45) is 0 Å². The van der Waals surface area contributed by atoms with E-state index in [-0.39, 0.29) is 28.4 Å². The highest BCUT2D eigenvalue weighted by molar-refractivity contribution is 6.12. The van der Waals surface area contributed by atoms with Gasteiger partial charge in [-0.25, -0.2) is 0 Å². The largest absolute Gasteiger partial charge is 0.507 e. The van der Waals surface area contributed by atoms with Crippen molar-refractivity contribution in [3.8, 4) is 11.5 Å². The van der Waals surface area contributed by atoms with Crippen molar-refractivity contribution in [3.63, 3.8) is 0 Å². The van der Waals surface area contributed by atoms with Crippen molar-refractivity contribution in [1.82, 2.24) is 0 Å². The van der Waals surface area contributed by atoms with E-state index in [4.69, 9.17) is 0 Å². The van der Waals surface area contributed by atoms with Gasteiger partial charge in [-0.2, -0.15) is 0 Å². The Hall–Kier alpha value is -2.29. The lowest BCUT2D eigenvalue weighted by atomic mass is 9.95. The van der Waals surface area contributed by atoms with Gasteiger partial charge in [-0.3, -0.25) is 4.79 Å². The predicted molar refractivity (Wildman–Crippen MR) is 78.6 cm³/mol. The third kappa shape index (κ3) is 2.39. The SMILES string of the molecule is Cc1cc(C)c(O)c(C(=O)c2cc(C)cc(C)c2O)c1. The lowest BCUT2D eigenvalue weighted by molar-refractivity contribution is 0.103. The van der Waals surface area contributed by atoms with E-state index in [1.54, 1.807) is 26.0 Å². The molecule has 2 aromatic carbocycles. The number of aryl methyl sites for hydroxylation is 4. The summed E-state index contributed by atoms with van der Waals surface area (Å²) < 4.78 is 0. The molecule has 0 amide bonds. The van der Waals surface area contributed by atoms with Gasteiger partial charge in [0.25, 0.3) is 0 Å². The van der Waals surface area contributed by atoms with Crippen LogP contribution in [0.2, 0.25) is 0 Å². The van der Waals surface area contributed by atoms with Crippen LogP contribution in [0.15, 0.2) is 24.3 Å². The molecule has 3 nitrogen and oxygen atoms in total. The number of carbonyl (C=O) groups excluding carboxylic acids is 1. The third-order valence-corrected chi connectivity index (χ3v) is 3.38. The fraction of sp³-hybridized carbons (Fsp3) is 0.235. The zero-order valence-electron chi connectivity index (χ0n) is 12.1. The van der Waals surface area contributed by atoms with Crippen molar-refractivity contribution in [2.75, 3.05) is 0 Å². The first-order valence-electron chi connectivity index (χ1n) is 6.46. The maximum absolute atomic E-state index is 12.6. The normalized spacial score (nSPS) is 10.6. The molecule has 2 rings (SSSR count). The molecule has 0 fully saturated rings. The minimum Gasteiger partial charge on any atom is -0.507 e. The summed E-state index contributed by atoms with van der Waals surface area (Å²) in [7, 11) is 0. The molecular weight excluding hydrogens is 252 g/mol. The minimum absolute atomic E-state index is 0.0286. The molecule has 0 aliphatic rings. The van der Waals surface area contributed by atoms with Crippen molar-refractivity contribution in [1.29, 1.82) is 0 Å². The molecule has 3 heteroatoms. The Labute approximate surface area is 118 Å². The Bertz CT molecular complexity index is 640. The summed E-state index contributed by atoms with van der Waals surface area (Å²) in [6, 6.07) is 6.91. The van der Waals surface area contributed by atoms with Crippen LogP contribution in [0.4, 0.5) is 0 Å². The molecule has 0 unspecified atom stereocenters.